The predicted molar refractivity (Wildman–Crippen MR) is 98.3 cm³/mol. The first-order valence-electron chi connectivity index (χ1n) is 9.26. The SMILES string of the molecule is CC[C@H](C)[C@H]1C(=O)Nc2ccccc2CN1C(=O)NC1CCNCC1. The van der Waals surface area contributed by atoms with Crippen molar-refractivity contribution in [1.82, 2.24) is 15.5 Å². The first-order valence-corrected chi connectivity index (χ1v) is 9.26. The van der Waals surface area contributed by atoms with E-state index < -0.39 is 6.04 Å². The number of nitrogens with one attached hydrogen (secondary N) is 3. The first kappa shape index (κ1) is 17.7. The van der Waals surface area contributed by atoms with Gasteiger partial charge in [-0.1, -0.05) is 38.5 Å². The summed E-state index contributed by atoms with van der Waals surface area (Å²) in [6, 6.07) is 7.30. The van der Waals surface area contributed by atoms with Crippen molar-refractivity contribution in [3.05, 3.63) is 29.8 Å². The third-order valence-electron chi connectivity index (χ3n) is 5.33. The molecule has 3 rings (SSSR count). The van der Waals surface area contributed by atoms with Crippen molar-refractivity contribution in [1.29, 1.82) is 0 Å². The zero-order valence-electron chi connectivity index (χ0n) is 15.0. The highest BCUT2D eigenvalue weighted by Crippen LogP contribution is 2.27. The Morgan fingerprint density at radius 3 is 2.76 bits per heavy atom. The maximum atomic E-state index is 13.0. The van der Waals surface area contributed by atoms with E-state index in [0.717, 1.165) is 43.6 Å². The molecule has 2 aliphatic heterocycles. The lowest BCUT2D eigenvalue weighted by Gasteiger charge is -2.34. The molecule has 0 radical (unpaired) electrons. The highest BCUT2D eigenvalue weighted by Gasteiger charge is 2.37. The summed E-state index contributed by atoms with van der Waals surface area (Å²) in [6.07, 6.45) is 2.69. The molecule has 0 aromatic heterocycles. The van der Waals surface area contributed by atoms with Crippen LogP contribution in [0.25, 0.3) is 0 Å². The third kappa shape index (κ3) is 3.95. The zero-order chi connectivity index (χ0) is 17.8. The number of urea groups is 1. The van der Waals surface area contributed by atoms with E-state index in [1.165, 1.54) is 0 Å². The molecule has 3 N–H and O–H groups in total. The highest BCUT2D eigenvalue weighted by atomic mass is 16.2. The van der Waals surface area contributed by atoms with Crippen LogP contribution in [0.15, 0.2) is 24.3 Å². The highest BCUT2D eigenvalue weighted by molar-refractivity contribution is 5.98. The molecule has 2 heterocycles. The van der Waals surface area contributed by atoms with Crippen molar-refractivity contribution < 1.29 is 9.59 Å². The van der Waals surface area contributed by atoms with Crippen molar-refractivity contribution in [2.75, 3.05) is 18.4 Å². The van der Waals surface area contributed by atoms with Gasteiger partial charge in [0.05, 0.1) is 6.54 Å². The van der Waals surface area contributed by atoms with Crippen LogP contribution in [0, 0.1) is 5.92 Å². The van der Waals surface area contributed by atoms with Crippen LogP contribution in [-0.2, 0) is 11.3 Å². The summed E-state index contributed by atoms with van der Waals surface area (Å²) >= 11 is 0. The van der Waals surface area contributed by atoms with Crippen LogP contribution in [0.5, 0.6) is 0 Å². The molecule has 0 bridgehead atoms. The van der Waals surface area contributed by atoms with Gasteiger partial charge in [-0.15, -0.1) is 0 Å². The van der Waals surface area contributed by atoms with Gasteiger partial charge in [0.25, 0.3) is 0 Å². The average molecular weight is 344 g/mol. The maximum absolute atomic E-state index is 13.0. The molecule has 0 unspecified atom stereocenters. The second kappa shape index (κ2) is 7.87. The third-order valence-corrected chi connectivity index (χ3v) is 5.33. The van der Waals surface area contributed by atoms with E-state index in [1.54, 1.807) is 4.90 Å². The van der Waals surface area contributed by atoms with Gasteiger partial charge >= 0.3 is 6.03 Å². The number of hydrogen-bond acceptors (Lipinski definition) is 3. The molecule has 1 aromatic carbocycles. The molecule has 0 aliphatic carbocycles. The van der Waals surface area contributed by atoms with Gasteiger partial charge in [0.1, 0.15) is 6.04 Å². The second-order valence-electron chi connectivity index (χ2n) is 7.08. The van der Waals surface area contributed by atoms with E-state index in [2.05, 4.69) is 22.9 Å². The Kier molecular flexibility index (Phi) is 5.58. The number of fused-ring (bicyclic) bond motifs is 1. The Labute approximate surface area is 149 Å². The van der Waals surface area contributed by atoms with Crippen LogP contribution in [0.2, 0.25) is 0 Å². The van der Waals surface area contributed by atoms with Gasteiger partial charge in [0, 0.05) is 11.7 Å². The maximum Gasteiger partial charge on any atom is 0.318 e. The number of hydrogen-bond donors (Lipinski definition) is 3. The predicted octanol–water partition coefficient (Wildman–Crippen LogP) is 2.32. The van der Waals surface area contributed by atoms with Crippen molar-refractivity contribution in [3.63, 3.8) is 0 Å². The molecule has 1 aromatic rings. The Balaban J connectivity index is 1.85. The molecule has 1 saturated heterocycles. The van der Waals surface area contributed by atoms with Gasteiger partial charge < -0.3 is 20.9 Å². The van der Waals surface area contributed by atoms with Crippen molar-refractivity contribution in [3.8, 4) is 0 Å². The average Bonchev–Trinajstić information content (AvgIpc) is 2.77. The number of amides is 3. The molecule has 0 spiro atoms. The topological polar surface area (TPSA) is 73.5 Å². The summed E-state index contributed by atoms with van der Waals surface area (Å²) in [5.41, 5.74) is 1.78. The van der Waals surface area contributed by atoms with Crippen LogP contribution >= 0.6 is 0 Å². The Morgan fingerprint density at radius 1 is 1.32 bits per heavy atom. The van der Waals surface area contributed by atoms with Gasteiger partial charge in [-0.05, 0) is 43.5 Å². The minimum Gasteiger partial charge on any atom is -0.335 e. The fourth-order valence-electron chi connectivity index (χ4n) is 3.62. The van der Waals surface area contributed by atoms with Gasteiger partial charge in [-0.2, -0.15) is 0 Å². The van der Waals surface area contributed by atoms with E-state index >= 15 is 0 Å². The molecule has 6 heteroatoms. The van der Waals surface area contributed by atoms with Crippen LogP contribution in [0.3, 0.4) is 0 Å². The standard InChI is InChI=1S/C19H28N4O2/c1-3-13(2)17-18(24)22-16-7-5-4-6-14(16)12-23(17)19(25)21-15-8-10-20-11-9-15/h4-7,13,15,17,20H,3,8-12H2,1-2H3,(H,21,25)(H,22,24)/t13-,17-/m0/s1. The fourth-order valence-corrected chi connectivity index (χ4v) is 3.62. The molecule has 2 atom stereocenters. The molecule has 136 valence electrons. The smallest absolute Gasteiger partial charge is 0.318 e. The summed E-state index contributed by atoms with van der Waals surface area (Å²) < 4.78 is 0. The summed E-state index contributed by atoms with van der Waals surface area (Å²) in [6.45, 7) is 6.37. The van der Waals surface area contributed by atoms with Gasteiger partial charge in [-0.3, -0.25) is 4.79 Å². The van der Waals surface area contributed by atoms with Crippen molar-refractivity contribution in [2.45, 2.75) is 51.7 Å². The number of anilines is 1. The normalized spacial score (nSPS) is 22.6. The number of piperidine rings is 1. The number of nitrogens with zero attached hydrogens (tertiary/aromatic N) is 1. The van der Waals surface area contributed by atoms with Crippen molar-refractivity contribution >= 4 is 17.6 Å². The first-order chi connectivity index (χ1) is 12.1. The lowest BCUT2D eigenvalue weighted by molar-refractivity contribution is -0.121. The summed E-state index contributed by atoms with van der Waals surface area (Å²) in [5.74, 6) is -0.00662. The summed E-state index contributed by atoms with van der Waals surface area (Å²) in [7, 11) is 0. The van der Waals surface area contributed by atoms with E-state index in [-0.39, 0.29) is 23.9 Å². The Hall–Kier alpha value is -2.08. The molecule has 25 heavy (non-hydrogen) atoms. The molecular weight excluding hydrogens is 316 g/mol. The molecular formula is C19H28N4O2. The number of benzene rings is 1. The van der Waals surface area contributed by atoms with Crippen LogP contribution < -0.4 is 16.0 Å². The van der Waals surface area contributed by atoms with Gasteiger partial charge in [0.2, 0.25) is 5.91 Å². The number of para-hydroxylation sites is 1. The summed E-state index contributed by atoms with van der Waals surface area (Å²) in [5, 5.41) is 9.45. The quantitative estimate of drug-likeness (QED) is 0.788. The lowest BCUT2D eigenvalue weighted by Crippen LogP contribution is -2.55. The number of carbonyl (C=O) groups excluding carboxylic acids is 2. The second-order valence-corrected chi connectivity index (χ2v) is 7.08. The molecule has 1 fully saturated rings. The molecule has 6 nitrogen and oxygen atoms in total. The van der Waals surface area contributed by atoms with E-state index in [0.29, 0.717) is 6.54 Å². The minimum atomic E-state index is -0.459. The van der Waals surface area contributed by atoms with Gasteiger partial charge in [0.15, 0.2) is 0 Å². The van der Waals surface area contributed by atoms with Crippen LogP contribution in [-0.4, -0.2) is 42.0 Å². The largest absolute Gasteiger partial charge is 0.335 e. The molecule has 0 saturated carbocycles. The van der Waals surface area contributed by atoms with E-state index in [1.807, 2.05) is 31.2 Å². The Bertz CT molecular complexity index is 628. The van der Waals surface area contributed by atoms with Crippen LogP contribution in [0.4, 0.5) is 10.5 Å². The number of rotatable bonds is 3. The van der Waals surface area contributed by atoms with Gasteiger partial charge in [-0.25, -0.2) is 4.79 Å². The zero-order valence-corrected chi connectivity index (χ0v) is 15.0. The molecule has 2 aliphatic rings. The summed E-state index contributed by atoms with van der Waals surface area (Å²) in [4.78, 5) is 27.6. The van der Waals surface area contributed by atoms with Crippen molar-refractivity contribution in [2.24, 2.45) is 5.92 Å². The molecule has 3 amide bonds. The Morgan fingerprint density at radius 2 is 2.04 bits per heavy atom. The van der Waals surface area contributed by atoms with Crippen LogP contribution in [0.1, 0.15) is 38.7 Å². The fraction of sp³-hybridized carbons (Fsp3) is 0.579. The van der Waals surface area contributed by atoms with E-state index in [9.17, 15) is 9.59 Å². The minimum absolute atomic E-state index is 0.0908. The van der Waals surface area contributed by atoms with E-state index in [4.69, 9.17) is 0 Å². The lowest BCUT2D eigenvalue weighted by atomic mass is 9.97. The number of carbonyl (C=O) groups is 2. The monoisotopic (exact) mass is 344 g/mol.